The highest BCUT2D eigenvalue weighted by Gasteiger charge is 2.07. The molecule has 0 aliphatic carbocycles. The Balaban J connectivity index is 1.42. The molecule has 1 amide bonds. The maximum Gasteiger partial charge on any atom is 0.305 e. The van der Waals surface area contributed by atoms with Gasteiger partial charge in [-0.25, -0.2) is 4.39 Å². The van der Waals surface area contributed by atoms with Crippen molar-refractivity contribution in [2.24, 2.45) is 0 Å². The van der Waals surface area contributed by atoms with Crippen molar-refractivity contribution in [2.75, 3.05) is 13.2 Å². The average molecular weight is 421 g/mol. The maximum absolute atomic E-state index is 13.9. The fourth-order valence-electron chi connectivity index (χ4n) is 3.10. The van der Waals surface area contributed by atoms with Gasteiger partial charge in [0.25, 0.3) is 5.91 Å². The summed E-state index contributed by atoms with van der Waals surface area (Å²) >= 11 is 0. The molecule has 2 N–H and O–H groups in total. The first-order valence-corrected chi connectivity index (χ1v) is 10.1. The molecular formula is C25H24FNO4. The molecule has 0 aromatic heterocycles. The number of halogens is 1. The lowest BCUT2D eigenvalue weighted by atomic mass is 10.0. The Labute approximate surface area is 180 Å². The van der Waals surface area contributed by atoms with E-state index in [0.717, 1.165) is 24.0 Å². The Bertz CT molecular complexity index is 1020. The minimum Gasteiger partial charge on any atom is -0.494 e. The number of ether oxygens (including phenoxy) is 1. The molecular weight excluding hydrogens is 397 g/mol. The quantitative estimate of drug-likeness (QED) is 0.465. The lowest BCUT2D eigenvalue weighted by molar-refractivity contribution is -0.136. The van der Waals surface area contributed by atoms with Crippen LogP contribution in [0.2, 0.25) is 0 Å². The van der Waals surface area contributed by atoms with Gasteiger partial charge in [0.15, 0.2) is 0 Å². The van der Waals surface area contributed by atoms with Gasteiger partial charge < -0.3 is 15.2 Å². The molecule has 31 heavy (non-hydrogen) atoms. The normalized spacial score (nSPS) is 10.5. The molecule has 0 fully saturated rings. The van der Waals surface area contributed by atoms with Crippen molar-refractivity contribution >= 4 is 11.9 Å². The molecule has 0 saturated carbocycles. The zero-order valence-electron chi connectivity index (χ0n) is 17.0. The van der Waals surface area contributed by atoms with Gasteiger partial charge in [0.2, 0.25) is 0 Å². The number of benzene rings is 3. The molecule has 0 bridgehead atoms. The van der Waals surface area contributed by atoms with E-state index < -0.39 is 5.97 Å². The van der Waals surface area contributed by atoms with Crippen LogP contribution >= 0.6 is 0 Å². The molecule has 3 rings (SSSR count). The van der Waals surface area contributed by atoms with Crippen LogP contribution in [-0.2, 0) is 11.2 Å². The van der Waals surface area contributed by atoms with Gasteiger partial charge in [0.05, 0.1) is 13.0 Å². The second-order valence-electron chi connectivity index (χ2n) is 7.05. The van der Waals surface area contributed by atoms with E-state index in [2.05, 4.69) is 5.32 Å². The van der Waals surface area contributed by atoms with E-state index in [1.807, 2.05) is 30.3 Å². The second kappa shape index (κ2) is 10.9. The van der Waals surface area contributed by atoms with Crippen molar-refractivity contribution in [1.82, 2.24) is 5.32 Å². The van der Waals surface area contributed by atoms with Crippen molar-refractivity contribution in [3.05, 3.63) is 89.7 Å². The zero-order valence-corrected chi connectivity index (χ0v) is 17.0. The summed E-state index contributed by atoms with van der Waals surface area (Å²) < 4.78 is 19.6. The molecule has 0 heterocycles. The van der Waals surface area contributed by atoms with E-state index in [9.17, 15) is 14.0 Å². The fraction of sp³-hybridized carbons (Fsp3) is 0.200. The average Bonchev–Trinajstić information content (AvgIpc) is 2.78. The van der Waals surface area contributed by atoms with Gasteiger partial charge in [-0.3, -0.25) is 9.59 Å². The molecule has 0 saturated heterocycles. The minimum atomic E-state index is -0.954. The van der Waals surface area contributed by atoms with Crippen LogP contribution in [0.15, 0.2) is 72.8 Å². The summed E-state index contributed by atoms with van der Waals surface area (Å²) in [5.41, 5.74) is 3.05. The van der Waals surface area contributed by atoms with Crippen LogP contribution < -0.4 is 10.1 Å². The van der Waals surface area contributed by atoms with Crippen LogP contribution in [-0.4, -0.2) is 30.1 Å². The summed E-state index contributed by atoms with van der Waals surface area (Å²) in [5, 5.41) is 11.2. The first kappa shape index (κ1) is 22.0. The highest BCUT2D eigenvalue weighted by molar-refractivity contribution is 5.94. The third-order valence-electron chi connectivity index (χ3n) is 4.76. The number of aliphatic carboxylic acids is 1. The number of aryl methyl sites for hydroxylation is 1. The number of carbonyl (C=O) groups excluding carboxylic acids is 1. The summed E-state index contributed by atoms with van der Waals surface area (Å²) in [6.07, 6.45) is 1.54. The third-order valence-corrected chi connectivity index (χ3v) is 4.76. The third kappa shape index (κ3) is 6.67. The van der Waals surface area contributed by atoms with Gasteiger partial charge in [-0.1, -0.05) is 42.5 Å². The van der Waals surface area contributed by atoms with E-state index >= 15 is 0 Å². The Morgan fingerprint density at radius 1 is 0.935 bits per heavy atom. The zero-order chi connectivity index (χ0) is 22.1. The molecule has 0 aliphatic heterocycles. The van der Waals surface area contributed by atoms with Crippen LogP contribution in [0.25, 0.3) is 11.1 Å². The Kier molecular flexibility index (Phi) is 7.76. The van der Waals surface area contributed by atoms with Crippen molar-refractivity contribution in [3.8, 4) is 16.9 Å². The smallest absolute Gasteiger partial charge is 0.305 e. The Hall–Kier alpha value is -3.67. The fourth-order valence-corrected chi connectivity index (χ4v) is 3.10. The molecule has 160 valence electrons. The topological polar surface area (TPSA) is 75.6 Å². The van der Waals surface area contributed by atoms with Gasteiger partial charge in [-0.2, -0.15) is 0 Å². The lowest BCUT2D eigenvalue weighted by Crippen LogP contribution is -2.25. The molecule has 0 spiro atoms. The van der Waals surface area contributed by atoms with Gasteiger partial charge in [0.1, 0.15) is 11.6 Å². The SMILES string of the molecule is O=C(O)CCNC(=O)c1ccc(OCCCc2ccc(-c3ccccc3F)cc2)cc1. The number of amides is 1. The van der Waals surface area contributed by atoms with E-state index in [-0.39, 0.29) is 24.7 Å². The predicted molar refractivity (Wildman–Crippen MR) is 117 cm³/mol. The predicted octanol–water partition coefficient (Wildman–Crippen LogP) is 4.71. The van der Waals surface area contributed by atoms with Crippen molar-refractivity contribution in [2.45, 2.75) is 19.3 Å². The molecule has 5 nitrogen and oxygen atoms in total. The van der Waals surface area contributed by atoms with Crippen LogP contribution in [0.4, 0.5) is 4.39 Å². The first-order chi connectivity index (χ1) is 15.0. The number of carboxylic acid groups (broad SMARTS) is 1. The van der Waals surface area contributed by atoms with Crippen molar-refractivity contribution < 1.29 is 23.8 Å². The minimum absolute atomic E-state index is 0.0910. The number of nitrogens with one attached hydrogen (secondary N) is 1. The monoisotopic (exact) mass is 421 g/mol. The number of rotatable bonds is 10. The summed E-state index contributed by atoms with van der Waals surface area (Å²) in [6.45, 7) is 0.618. The summed E-state index contributed by atoms with van der Waals surface area (Å²) in [4.78, 5) is 22.4. The number of hydrogen-bond acceptors (Lipinski definition) is 3. The molecule has 0 aliphatic rings. The maximum atomic E-state index is 13.9. The van der Waals surface area contributed by atoms with Crippen LogP contribution in [0, 0.1) is 5.82 Å². The van der Waals surface area contributed by atoms with Crippen molar-refractivity contribution in [3.63, 3.8) is 0 Å². The first-order valence-electron chi connectivity index (χ1n) is 10.1. The van der Waals surface area contributed by atoms with E-state index in [1.54, 1.807) is 36.4 Å². The van der Waals surface area contributed by atoms with Crippen LogP contribution in [0.1, 0.15) is 28.8 Å². The molecule has 3 aromatic rings. The molecule has 0 radical (unpaired) electrons. The van der Waals surface area contributed by atoms with Gasteiger partial charge >= 0.3 is 5.97 Å². The van der Waals surface area contributed by atoms with Gasteiger partial charge in [-0.05, 0) is 54.3 Å². The highest BCUT2D eigenvalue weighted by atomic mass is 19.1. The van der Waals surface area contributed by atoms with Crippen LogP contribution in [0.5, 0.6) is 5.75 Å². The Morgan fingerprint density at radius 3 is 2.32 bits per heavy atom. The van der Waals surface area contributed by atoms with E-state index in [4.69, 9.17) is 9.84 Å². The molecule has 0 unspecified atom stereocenters. The molecule has 0 atom stereocenters. The summed E-state index contributed by atoms with van der Waals surface area (Å²) in [5.74, 6) is -0.832. The van der Waals surface area contributed by atoms with Crippen LogP contribution in [0.3, 0.4) is 0 Å². The van der Waals surface area contributed by atoms with Crippen molar-refractivity contribution in [1.29, 1.82) is 0 Å². The lowest BCUT2D eigenvalue weighted by Gasteiger charge is -2.08. The number of hydrogen-bond donors (Lipinski definition) is 2. The van der Waals surface area contributed by atoms with Gasteiger partial charge in [-0.15, -0.1) is 0 Å². The largest absolute Gasteiger partial charge is 0.494 e. The Morgan fingerprint density at radius 2 is 1.65 bits per heavy atom. The van der Waals surface area contributed by atoms with E-state index in [1.165, 1.54) is 6.07 Å². The van der Waals surface area contributed by atoms with E-state index in [0.29, 0.717) is 23.5 Å². The highest BCUT2D eigenvalue weighted by Crippen LogP contribution is 2.23. The summed E-state index contributed by atoms with van der Waals surface area (Å²) in [7, 11) is 0. The number of carboxylic acids is 1. The number of carbonyl (C=O) groups is 2. The summed E-state index contributed by atoms with van der Waals surface area (Å²) in [6, 6.07) is 21.3. The van der Waals surface area contributed by atoms with Gasteiger partial charge in [0, 0.05) is 17.7 Å². The molecule has 3 aromatic carbocycles. The second-order valence-corrected chi connectivity index (χ2v) is 7.05. The molecule has 6 heteroatoms. The standard InChI is InChI=1S/C25H24FNO4/c26-23-6-2-1-5-22(23)19-9-7-18(8-10-19)4-3-17-31-21-13-11-20(12-14-21)25(30)27-16-15-24(28)29/h1-2,5-14H,3-4,15-17H2,(H,27,30)(H,28,29).